The molecule has 1 saturated heterocycles. The molecule has 0 unspecified atom stereocenters. The van der Waals surface area contributed by atoms with Gasteiger partial charge in [-0.05, 0) is 52.9 Å². The molecule has 1 fully saturated rings. The zero-order chi connectivity index (χ0) is 17.5. The van der Waals surface area contributed by atoms with Crippen molar-refractivity contribution in [3.05, 3.63) is 0 Å². The second kappa shape index (κ2) is 9.11. The Balaban J connectivity index is 2.55. The number of nitrogens with one attached hydrogen (secondary N) is 1. The highest BCUT2D eigenvalue weighted by Gasteiger charge is 2.29. The van der Waals surface area contributed by atoms with Gasteiger partial charge in [0, 0.05) is 19.7 Å². The first kappa shape index (κ1) is 19.7. The van der Waals surface area contributed by atoms with Crippen LogP contribution in [0.4, 0.5) is 4.79 Å². The van der Waals surface area contributed by atoms with Crippen molar-refractivity contribution in [2.45, 2.75) is 65.5 Å². The number of ether oxygens (including phenoxy) is 2. The van der Waals surface area contributed by atoms with E-state index in [2.05, 4.69) is 5.32 Å². The molecule has 0 bridgehead atoms. The Morgan fingerprint density at radius 1 is 1.39 bits per heavy atom. The maximum Gasteiger partial charge on any atom is 0.410 e. The van der Waals surface area contributed by atoms with Crippen LogP contribution in [0.2, 0.25) is 0 Å². The minimum absolute atomic E-state index is 0.144. The number of carbonyl (C=O) groups is 2. The van der Waals surface area contributed by atoms with E-state index in [9.17, 15) is 9.59 Å². The van der Waals surface area contributed by atoms with Crippen LogP contribution in [0.5, 0.6) is 0 Å². The summed E-state index contributed by atoms with van der Waals surface area (Å²) in [6, 6.07) is -0.547. The topological polar surface area (TPSA) is 67.9 Å². The van der Waals surface area contributed by atoms with Crippen molar-refractivity contribution in [2.24, 2.45) is 5.92 Å². The summed E-state index contributed by atoms with van der Waals surface area (Å²) in [5, 5.41) is 2.94. The van der Waals surface area contributed by atoms with Crippen molar-refractivity contribution in [3.8, 4) is 0 Å². The lowest BCUT2D eigenvalue weighted by molar-refractivity contribution is -0.126. The molecule has 0 aromatic rings. The van der Waals surface area contributed by atoms with Crippen LogP contribution in [-0.4, -0.2) is 54.8 Å². The van der Waals surface area contributed by atoms with Crippen molar-refractivity contribution in [2.75, 3.05) is 26.3 Å². The summed E-state index contributed by atoms with van der Waals surface area (Å²) in [5.41, 5.74) is -0.571. The van der Waals surface area contributed by atoms with Crippen LogP contribution in [0, 0.1) is 5.92 Å². The first-order valence-electron chi connectivity index (χ1n) is 8.59. The van der Waals surface area contributed by atoms with Gasteiger partial charge < -0.3 is 14.8 Å². The molecule has 1 aliphatic rings. The van der Waals surface area contributed by atoms with Crippen LogP contribution >= 0.6 is 0 Å². The third kappa shape index (κ3) is 7.20. The molecule has 23 heavy (non-hydrogen) atoms. The minimum atomic E-state index is -0.571. The van der Waals surface area contributed by atoms with E-state index in [1.807, 2.05) is 27.7 Å². The molecule has 134 valence electrons. The molecular weight excluding hydrogens is 296 g/mol. The third-order valence-corrected chi connectivity index (χ3v) is 3.76. The summed E-state index contributed by atoms with van der Waals surface area (Å²) in [7, 11) is 0. The van der Waals surface area contributed by atoms with Crippen LogP contribution in [0.3, 0.4) is 0 Å². The summed E-state index contributed by atoms with van der Waals surface area (Å²) < 4.78 is 10.8. The van der Waals surface area contributed by atoms with Gasteiger partial charge in [0.2, 0.25) is 5.91 Å². The fourth-order valence-electron chi connectivity index (χ4n) is 2.51. The average molecular weight is 328 g/mol. The zero-order valence-electron chi connectivity index (χ0n) is 15.2. The molecule has 1 aliphatic heterocycles. The molecule has 0 aliphatic carbocycles. The van der Waals surface area contributed by atoms with Crippen molar-refractivity contribution in [1.29, 1.82) is 0 Å². The Morgan fingerprint density at radius 3 is 2.61 bits per heavy atom. The number of carbonyl (C=O) groups excluding carboxylic acids is 2. The Hall–Kier alpha value is -1.30. The summed E-state index contributed by atoms with van der Waals surface area (Å²) in [6.07, 6.45) is 2.44. The van der Waals surface area contributed by atoms with Crippen molar-refractivity contribution in [3.63, 3.8) is 0 Å². The molecule has 0 spiro atoms. The van der Waals surface area contributed by atoms with Crippen LogP contribution in [-0.2, 0) is 14.3 Å². The Bertz CT molecular complexity index is 387. The van der Waals surface area contributed by atoms with Gasteiger partial charge in [-0.2, -0.15) is 0 Å². The van der Waals surface area contributed by atoms with Gasteiger partial charge in [-0.3, -0.25) is 9.69 Å². The highest BCUT2D eigenvalue weighted by Crippen LogP contribution is 2.14. The second-order valence-corrected chi connectivity index (χ2v) is 7.18. The van der Waals surface area contributed by atoms with Gasteiger partial charge in [0.1, 0.15) is 11.6 Å². The van der Waals surface area contributed by atoms with E-state index in [1.165, 1.54) is 4.90 Å². The van der Waals surface area contributed by atoms with E-state index in [4.69, 9.17) is 9.47 Å². The van der Waals surface area contributed by atoms with E-state index >= 15 is 0 Å². The summed E-state index contributed by atoms with van der Waals surface area (Å²) >= 11 is 0. The Labute approximate surface area is 139 Å². The average Bonchev–Trinajstić information content (AvgIpc) is 2.48. The number of rotatable bonds is 6. The highest BCUT2D eigenvalue weighted by molar-refractivity contribution is 5.85. The van der Waals surface area contributed by atoms with Gasteiger partial charge in [0.25, 0.3) is 0 Å². The summed E-state index contributed by atoms with van der Waals surface area (Å²) in [4.78, 5) is 26.2. The fourth-order valence-corrected chi connectivity index (χ4v) is 2.51. The molecule has 1 N–H and O–H groups in total. The van der Waals surface area contributed by atoms with Crippen molar-refractivity contribution in [1.82, 2.24) is 10.2 Å². The third-order valence-electron chi connectivity index (χ3n) is 3.76. The van der Waals surface area contributed by atoms with E-state index in [0.717, 1.165) is 25.9 Å². The largest absolute Gasteiger partial charge is 0.444 e. The molecule has 0 saturated carbocycles. The number of hydrogen-bond acceptors (Lipinski definition) is 4. The Kier molecular flexibility index (Phi) is 7.82. The molecule has 0 aromatic heterocycles. The molecule has 0 radical (unpaired) electrons. The first-order valence-corrected chi connectivity index (χ1v) is 8.59. The molecule has 2 amide bonds. The molecule has 6 nitrogen and oxygen atoms in total. The normalized spacial score (nSPS) is 19.8. The standard InChI is InChI=1S/C17H32N2O4/c1-6-9-19(16(21)23-17(3,4)5)13(2)15(20)18-11-14-8-7-10-22-12-14/h13-14H,6-12H2,1-5H3,(H,18,20)/t13-,14-/m0/s1. The predicted octanol–water partition coefficient (Wildman–Crippen LogP) is 2.56. The monoisotopic (exact) mass is 328 g/mol. The summed E-state index contributed by atoms with van der Waals surface area (Å²) in [6.45, 7) is 11.8. The van der Waals surface area contributed by atoms with E-state index in [-0.39, 0.29) is 5.91 Å². The van der Waals surface area contributed by atoms with Gasteiger partial charge in [-0.25, -0.2) is 4.79 Å². The minimum Gasteiger partial charge on any atom is -0.444 e. The highest BCUT2D eigenvalue weighted by atomic mass is 16.6. The maximum absolute atomic E-state index is 12.4. The van der Waals surface area contributed by atoms with Crippen molar-refractivity contribution >= 4 is 12.0 Å². The number of nitrogens with zero attached hydrogens (tertiary/aromatic N) is 1. The lowest BCUT2D eigenvalue weighted by atomic mass is 10.0. The second-order valence-electron chi connectivity index (χ2n) is 7.18. The fraction of sp³-hybridized carbons (Fsp3) is 0.882. The van der Waals surface area contributed by atoms with Gasteiger partial charge in [-0.1, -0.05) is 6.92 Å². The number of amides is 2. The van der Waals surface area contributed by atoms with Crippen LogP contribution in [0.1, 0.15) is 53.9 Å². The van der Waals surface area contributed by atoms with Crippen LogP contribution < -0.4 is 5.32 Å². The van der Waals surface area contributed by atoms with E-state index in [0.29, 0.717) is 25.6 Å². The van der Waals surface area contributed by atoms with Crippen LogP contribution in [0.15, 0.2) is 0 Å². The zero-order valence-corrected chi connectivity index (χ0v) is 15.2. The smallest absolute Gasteiger partial charge is 0.410 e. The molecule has 1 rings (SSSR count). The molecule has 6 heteroatoms. The lowest BCUT2D eigenvalue weighted by Gasteiger charge is -2.31. The maximum atomic E-state index is 12.4. The number of hydrogen-bond donors (Lipinski definition) is 1. The Morgan fingerprint density at radius 2 is 2.09 bits per heavy atom. The predicted molar refractivity (Wildman–Crippen MR) is 89.2 cm³/mol. The quantitative estimate of drug-likeness (QED) is 0.814. The summed E-state index contributed by atoms with van der Waals surface area (Å²) in [5.74, 6) is 0.218. The van der Waals surface area contributed by atoms with Gasteiger partial charge in [0.05, 0.1) is 6.61 Å². The molecular formula is C17H32N2O4. The van der Waals surface area contributed by atoms with Gasteiger partial charge >= 0.3 is 6.09 Å². The van der Waals surface area contributed by atoms with Gasteiger partial charge in [-0.15, -0.1) is 0 Å². The molecule has 1 heterocycles. The van der Waals surface area contributed by atoms with Gasteiger partial charge in [0.15, 0.2) is 0 Å². The SMILES string of the molecule is CCCN(C(=O)OC(C)(C)C)[C@@H](C)C(=O)NC[C@@H]1CCCOC1. The van der Waals surface area contributed by atoms with E-state index in [1.54, 1.807) is 6.92 Å². The molecule has 2 atom stereocenters. The molecule has 0 aromatic carbocycles. The van der Waals surface area contributed by atoms with Crippen molar-refractivity contribution < 1.29 is 19.1 Å². The lowest BCUT2D eigenvalue weighted by Crippen LogP contribution is -2.50. The van der Waals surface area contributed by atoms with E-state index < -0.39 is 17.7 Å². The first-order chi connectivity index (χ1) is 10.7. The van der Waals surface area contributed by atoms with Crippen LogP contribution in [0.25, 0.3) is 0 Å².